The van der Waals surface area contributed by atoms with Gasteiger partial charge in [0, 0.05) is 11.1 Å². The van der Waals surface area contributed by atoms with Crippen LogP contribution in [0.2, 0.25) is 0 Å². The zero-order valence-electron chi connectivity index (χ0n) is 15.0. The molecule has 148 valence electrons. The second-order valence-electron chi connectivity index (χ2n) is 6.94. The van der Waals surface area contributed by atoms with E-state index in [1.54, 1.807) is 18.5 Å². The first kappa shape index (κ1) is 17.7. The van der Waals surface area contributed by atoms with Crippen molar-refractivity contribution < 1.29 is 22.4 Å². The van der Waals surface area contributed by atoms with Crippen molar-refractivity contribution in [3.63, 3.8) is 0 Å². The minimum Gasteiger partial charge on any atom is -0.490 e. The Morgan fingerprint density at radius 2 is 1.90 bits per heavy atom. The Kier molecular flexibility index (Phi) is 4.04. The second-order valence-corrected chi connectivity index (χ2v) is 6.94. The maximum absolute atomic E-state index is 13.5. The third-order valence-corrected chi connectivity index (χ3v) is 4.98. The largest absolute Gasteiger partial charge is 0.490 e. The zero-order valence-corrected chi connectivity index (χ0v) is 15.0. The number of aromatic nitrogens is 4. The number of alkyl halides is 3. The maximum Gasteiger partial charge on any atom is 0.419 e. The van der Waals surface area contributed by atoms with Crippen LogP contribution in [0.4, 0.5) is 13.2 Å². The lowest BCUT2D eigenvalue weighted by Gasteiger charge is -2.27. The molecule has 0 bridgehead atoms. The number of nitrogens with zero attached hydrogens (tertiary/aromatic N) is 3. The Morgan fingerprint density at radius 3 is 2.66 bits per heavy atom. The van der Waals surface area contributed by atoms with Gasteiger partial charge in [-0.3, -0.25) is 0 Å². The highest BCUT2D eigenvalue weighted by molar-refractivity contribution is 5.80. The average Bonchev–Trinajstić information content (AvgIpc) is 3.32. The molecule has 9 heteroatoms. The van der Waals surface area contributed by atoms with Crippen LogP contribution < -0.4 is 4.74 Å². The molecule has 29 heavy (non-hydrogen) atoms. The van der Waals surface area contributed by atoms with E-state index in [4.69, 9.17) is 9.26 Å². The first-order valence-electron chi connectivity index (χ1n) is 9.13. The van der Waals surface area contributed by atoms with E-state index in [2.05, 4.69) is 20.1 Å². The number of nitrogens with one attached hydrogen (secondary N) is 1. The van der Waals surface area contributed by atoms with Crippen molar-refractivity contribution >= 4 is 11.0 Å². The standard InChI is InChI=1S/C20H15F3N4O2/c21-20(22,23)14-8-12(5-7-17(14)28-13-2-1-3-13)19-26-18(27-29-19)11-4-6-15-16(9-11)25-10-24-15/h4-10,13H,1-3H2,(H,24,25). The fourth-order valence-electron chi connectivity index (χ4n) is 3.18. The van der Waals surface area contributed by atoms with Gasteiger partial charge < -0.3 is 14.2 Å². The van der Waals surface area contributed by atoms with Crippen LogP contribution >= 0.6 is 0 Å². The van der Waals surface area contributed by atoms with Crippen LogP contribution in [0.25, 0.3) is 33.9 Å². The van der Waals surface area contributed by atoms with Gasteiger partial charge in [0.15, 0.2) is 0 Å². The number of benzene rings is 2. The van der Waals surface area contributed by atoms with Crippen molar-refractivity contribution in [3.05, 3.63) is 48.3 Å². The molecule has 1 aliphatic rings. The van der Waals surface area contributed by atoms with Gasteiger partial charge in [0.05, 0.1) is 29.0 Å². The first-order valence-corrected chi connectivity index (χ1v) is 9.13. The normalized spacial score (nSPS) is 14.9. The second kappa shape index (κ2) is 6.61. The SMILES string of the molecule is FC(F)(F)c1cc(-c2nc(-c3ccc4[nH]cnc4c3)no2)ccc1OC1CCC1. The third-order valence-electron chi connectivity index (χ3n) is 4.98. The summed E-state index contributed by atoms with van der Waals surface area (Å²) in [5.74, 6) is 0.103. The fraction of sp³-hybridized carbons (Fsp3) is 0.250. The molecule has 0 amide bonds. The first-order chi connectivity index (χ1) is 14.0. The van der Waals surface area contributed by atoms with Gasteiger partial charge >= 0.3 is 6.18 Å². The third kappa shape index (κ3) is 3.32. The highest BCUT2D eigenvalue weighted by Crippen LogP contribution is 2.40. The molecule has 2 aromatic carbocycles. The number of ether oxygens (including phenoxy) is 1. The molecule has 1 fully saturated rings. The summed E-state index contributed by atoms with van der Waals surface area (Å²) in [5.41, 5.74) is 1.57. The van der Waals surface area contributed by atoms with E-state index < -0.39 is 11.7 Å². The van der Waals surface area contributed by atoms with Crippen LogP contribution in [0.1, 0.15) is 24.8 Å². The summed E-state index contributed by atoms with van der Waals surface area (Å²) < 4.78 is 51.4. The van der Waals surface area contributed by atoms with E-state index in [0.29, 0.717) is 5.56 Å². The molecule has 6 nitrogen and oxygen atoms in total. The highest BCUT2D eigenvalue weighted by Gasteiger charge is 2.36. The average molecular weight is 400 g/mol. The van der Waals surface area contributed by atoms with E-state index in [1.807, 2.05) is 6.07 Å². The minimum absolute atomic E-state index is 0.00261. The van der Waals surface area contributed by atoms with Crippen molar-refractivity contribution in [2.24, 2.45) is 0 Å². The summed E-state index contributed by atoms with van der Waals surface area (Å²) in [7, 11) is 0. The molecule has 1 saturated carbocycles. The molecular weight excluding hydrogens is 385 g/mol. The lowest BCUT2D eigenvalue weighted by Crippen LogP contribution is -2.25. The van der Waals surface area contributed by atoms with Crippen molar-refractivity contribution in [2.75, 3.05) is 0 Å². The van der Waals surface area contributed by atoms with Crippen LogP contribution in [0.5, 0.6) is 5.75 Å². The Balaban J connectivity index is 1.49. The number of imidazole rings is 1. The summed E-state index contributed by atoms with van der Waals surface area (Å²) in [6, 6.07) is 9.18. The highest BCUT2D eigenvalue weighted by atomic mass is 19.4. The number of aromatic amines is 1. The fourth-order valence-corrected chi connectivity index (χ4v) is 3.18. The lowest BCUT2D eigenvalue weighted by atomic mass is 9.96. The molecule has 0 aliphatic heterocycles. The molecule has 4 aromatic rings. The van der Waals surface area contributed by atoms with E-state index >= 15 is 0 Å². The number of H-pyrrole nitrogens is 1. The summed E-state index contributed by atoms with van der Waals surface area (Å²) >= 11 is 0. The summed E-state index contributed by atoms with van der Waals surface area (Å²) in [5, 5.41) is 3.90. The van der Waals surface area contributed by atoms with Gasteiger partial charge in [0.1, 0.15) is 5.75 Å². The van der Waals surface area contributed by atoms with E-state index in [9.17, 15) is 13.2 Å². The summed E-state index contributed by atoms with van der Waals surface area (Å²) in [6.45, 7) is 0. The predicted molar refractivity (Wildman–Crippen MR) is 98.1 cm³/mol. The molecule has 0 atom stereocenters. The molecule has 0 spiro atoms. The lowest BCUT2D eigenvalue weighted by molar-refractivity contribution is -0.139. The molecule has 2 aromatic heterocycles. The van der Waals surface area contributed by atoms with E-state index in [-0.39, 0.29) is 29.1 Å². The molecule has 1 aliphatic carbocycles. The minimum atomic E-state index is -4.55. The van der Waals surface area contributed by atoms with Crippen molar-refractivity contribution in [2.45, 2.75) is 31.5 Å². The van der Waals surface area contributed by atoms with Crippen molar-refractivity contribution in [1.29, 1.82) is 0 Å². The number of hydrogen-bond donors (Lipinski definition) is 1. The monoisotopic (exact) mass is 400 g/mol. The molecule has 1 N–H and O–H groups in total. The van der Waals surface area contributed by atoms with Crippen molar-refractivity contribution in [1.82, 2.24) is 20.1 Å². The maximum atomic E-state index is 13.5. The summed E-state index contributed by atoms with van der Waals surface area (Å²) in [6.07, 6.45) is -0.628. The number of hydrogen-bond acceptors (Lipinski definition) is 5. The molecular formula is C20H15F3N4O2. The van der Waals surface area contributed by atoms with E-state index in [1.165, 1.54) is 12.1 Å². The number of halogens is 3. The molecule has 2 heterocycles. The van der Waals surface area contributed by atoms with E-state index in [0.717, 1.165) is 36.4 Å². The van der Waals surface area contributed by atoms with Gasteiger partial charge in [-0.05, 0) is 55.7 Å². The quantitative estimate of drug-likeness (QED) is 0.508. The van der Waals surface area contributed by atoms with Gasteiger partial charge in [0.25, 0.3) is 5.89 Å². The summed E-state index contributed by atoms with van der Waals surface area (Å²) in [4.78, 5) is 11.4. The van der Waals surface area contributed by atoms with Crippen LogP contribution in [-0.2, 0) is 6.18 Å². The Hall–Kier alpha value is -3.36. The Labute approximate surface area is 162 Å². The van der Waals surface area contributed by atoms with Crippen LogP contribution in [0.15, 0.2) is 47.2 Å². The van der Waals surface area contributed by atoms with Crippen molar-refractivity contribution in [3.8, 4) is 28.6 Å². The van der Waals surface area contributed by atoms with Crippen LogP contribution in [0.3, 0.4) is 0 Å². The Bertz CT molecular complexity index is 1180. The molecule has 0 unspecified atom stereocenters. The molecule has 5 rings (SSSR count). The molecule has 0 radical (unpaired) electrons. The smallest absolute Gasteiger partial charge is 0.419 e. The Morgan fingerprint density at radius 1 is 1.07 bits per heavy atom. The number of fused-ring (bicyclic) bond motifs is 1. The van der Waals surface area contributed by atoms with Gasteiger partial charge in [0.2, 0.25) is 5.82 Å². The van der Waals surface area contributed by atoms with Crippen LogP contribution in [0, 0.1) is 0 Å². The predicted octanol–water partition coefficient (Wildman–Crippen LogP) is 5.23. The van der Waals surface area contributed by atoms with Gasteiger partial charge in [-0.15, -0.1) is 0 Å². The van der Waals surface area contributed by atoms with Crippen LogP contribution in [-0.4, -0.2) is 26.2 Å². The van der Waals surface area contributed by atoms with Gasteiger partial charge in [-0.2, -0.15) is 18.2 Å². The van der Waals surface area contributed by atoms with Gasteiger partial charge in [-0.1, -0.05) is 5.16 Å². The topological polar surface area (TPSA) is 76.8 Å². The molecule has 0 saturated heterocycles. The number of rotatable bonds is 4. The zero-order chi connectivity index (χ0) is 20.0. The van der Waals surface area contributed by atoms with Gasteiger partial charge in [-0.25, -0.2) is 4.98 Å².